The van der Waals surface area contributed by atoms with Crippen molar-refractivity contribution in [2.45, 2.75) is 50.1 Å². The molecule has 2 N–H and O–H groups in total. The maximum atomic E-state index is 13.8. The zero-order chi connectivity index (χ0) is 29.8. The molecular weight excluding hydrogens is 564 g/mol. The second-order valence-corrected chi connectivity index (χ2v) is 8.61. The smallest absolute Gasteiger partial charge is 0.461 e. The topological polar surface area (TPSA) is 50.7 Å². The summed E-state index contributed by atoms with van der Waals surface area (Å²) in [7, 11) is 0. The lowest BCUT2D eigenvalue weighted by molar-refractivity contribution is -0.253. The highest BCUT2D eigenvalue weighted by atomic mass is 19.4. The molecule has 0 aliphatic heterocycles. The second kappa shape index (κ2) is 11.8. The van der Waals surface area contributed by atoms with Crippen molar-refractivity contribution in [2.75, 3.05) is 5.32 Å². The predicted molar refractivity (Wildman–Crippen MR) is 123 cm³/mol. The van der Waals surface area contributed by atoms with E-state index in [4.69, 9.17) is 4.74 Å². The summed E-state index contributed by atoms with van der Waals surface area (Å²) < 4.78 is 141. The first-order valence-corrected chi connectivity index (χ1v) is 11.4. The van der Waals surface area contributed by atoms with Crippen LogP contribution in [0.25, 0.3) is 0 Å². The SMILES string of the molecule is OC(CCc1cccc(OC(F)(F)C(F)F)c1)(Nc1cccc(OCc2cccc(C(F)(F)F)c2)c1)C(F)(F)F. The van der Waals surface area contributed by atoms with Crippen molar-refractivity contribution >= 4 is 5.69 Å². The number of aliphatic hydroxyl groups is 1. The van der Waals surface area contributed by atoms with Gasteiger partial charge in [0.25, 0.3) is 0 Å². The van der Waals surface area contributed by atoms with E-state index in [1.165, 1.54) is 36.4 Å². The molecular formula is C26H21F10NO3. The van der Waals surface area contributed by atoms with Crippen LogP contribution in [0.1, 0.15) is 23.1 Å². The standard InChI is InChI=1S/C26H21F10NO3/c27-22(28)25(32,33)40-21-9-2-4-16(13-21)10-11-23(38,26(34,35)36)37-19-7-3-8-20(14-19)39-15-17-5-1-6-18(12-17)24(29,30)31/h1-9,12-14,22,37-38H,10-11,15H2. The van der Waals surface area contributed by atoms with Crippen molar-refractivity contribution in [1.82, 2.24) is 0 Å². The van der Waals surface area contributed by atoms with E-state index >= 15 is 0 Å². The summed E-state index contributed by atoms with van der Waals surface area (Å²) in [4.78, 5) is 0. The highest BCUT2D eigenvalue weighted by molar-refractivity contribution is 5.50. The van der Waals surface area contributed by atoms with Gasteiger partial charge in [-0.2, -0.15) is 43.9 Å². The van der Waals surface area contributed by atoms with E-state index < -0.39 is 54.8 Å². The van der Waals surface area contributed by atoms with Crippen molar-refractivity contribution in [2.24, 2.45) is 0 Å². The number of benzene rings is 3. The van der Waals surface area contributed by atoms with Gasteiger partial charge in [0.15, 0.2) is 0 Å². The Morgan fingerprint density at radius 3 is 2.02 bits per heavy atom. The number of rotatable bonds is 11. The molecule has 1 atom stereocenters. The first kappa shape index (κ1) is 30.9. The van der Waals surface area contributed by atoms with Crippen LogP contribution in [0.5, 0.6) is 11.5 Å². The number of ether oxygens (including phenoxy) is 2. The van der Waals surface area contributed by atoms with Gasteiger partial charge in [-0.15, -0.1) is 0 Å². The molecule has 0 saturated carbocycles. The Labute approximate surface area is 221 Å². The fourth-order valence-corrected chi connectivity index (χ4v) is 3.47. The Morgan fingerprint density at radius 1 is 0.750 bits per heavy atom. The van der Waals surface area contributed by atoms with E-state index in [-0.39, 0.29) is 29.2 Å². The van der Waals surface area contributed by atoms with Crippen LogP contribution in [-0.4, -0.2) is 29.5 Å². The minimum atomic E-state index is -5.24. The lowest BCUT2D eigenvalue weighted by Gasteiger charge is -2.32. The van der Waals surface area contributed by atoms with E-state index in [9.17, 15) is 49.0 Å². The Hall–Kier alpha value is -3.68. The third kappa shape index (κ3) is 8.16. The van der Waals surface area contributed by atoms with Gasteiger partial charge in [0, 0.05) is 18.2 Å². The summed E-state index contributed by atoms with van der Waals surface area (Å²) in [6.45, 7) is -0.333. The van der Waals surface area contributed by atoms with Gasteiger partial charge in [0.1, 0.15) is 18.1 Å². The molecule has 0 heterocycles. The molecule has 3 aromatic carbocycles. The van der Waals surface area contributed by atoms with Gasteiger partial charge in [0.2, 0.25) is 5.72 Å². The summed E-state index contributed by atoms with van der Waals surface area (Å²) in [6.07, 6.45) is -20.3. The number of halogens is 10. The van der Waals surface area contributed by atoms with Gasteiger partial charge in [-0.3, -0.25) is 0 Å². The van der Waals surface area contributed by atoms with Crippen molar-refractivity contribution in [1.29, 1.82) is 0 Å². The molecule has 1 unspecified atom stereocenters. The van der Waals surface area contributed by atoms with Crippen LogP contribution in [0.2, 0.25) is 0 Å². The number of hydrogen-bond acceptors (Lipinski definition) is 4. The van der Waals surface area contributed by atoms with Gasteiger partial charge in [-0.1, -0.05) is 30.3 Å². The summed E-state index contributed by atoms with van der Waals surface area (Å²) in [5, 5.41) is 12.4. The van der Waals surface area contributed by atoms with Crippen molar-refractivity contribution in [3.05, 3.63) is 89.5 Å². The number of alkyl halides is 10. The average molecular weight is 585 g/mol. The van der Waals surface area contributed by atoms with E-state index in [1.807, 2.05) is 5.32 Å². The maximum Gasteiger partial charge on any atom is 0.461 e. The minimum Gasteiger partial charge on any atom is -0.489 e. The molecule has 4 nitrogen and oxygen atoms in total. The highest BCUT2D eigenvalue weighted by Gasteiger charge is 2.53. The molecule has 0 aliphatic rings. The predicted octanol–water partition coefficient (Wildman–Crippen LogP) is 7.82. The average Bonchev–Trinajstić information content (AvgIpc) is 2.85. The molecule has 0 amide bonds. The van der Waals surface area contributed by atoms with Crippen LogP contribution >= 0.6 is 0 Å². The molecule has 3 rings (SSSR count). The summed E-state index contributed by atoms with van der Waals surface area (Å²) in [5.41, 5.74) is -4.56. The molecule has 0 saturated heterocycles. The molecule has 0 aromatic heterocycles. The van der Waals surface area contributed by atoms with Crippen molar-refractivity contribution in [3.63, 3.8) is 0 Å². The largest absolute Gasteiger partial charge is 0.489 e. The first-order valence-electron chi connectivity index (χ1n) is 11.4. The molecule has 40 heavy (non-hydrogen) atoms. The number of hydrogen-bond donors (Lipinski definition) is 2. The molecule has 0 aliphatic carbocycles. The van der Waals surface area contributed by atoms with E-state index in [1.54, 1.807) is 0 Å². The Kier molecular flexibility index (Phi) is 9.12. The Morgan fingerprint density at radius 2 is 1.38 bits per heavy atom. The third-order valence-corrected chi connectivity index (χ3v) is 5.50. The molecule has 0 radical (unpaired) electrons. The quantitative estimate of drug-likeness (QED) is 0.178. The molecule has 0 bridgehead atoms. The van der Waals surface area contributed by atoms with E-state index in [0.29, 0.717) is 0 Å². The molecule has 14 heteroatoms. The van der Waals surface area contributed by atoms with Crippen molar-refractivity contribution < 1.29 is 58.5 Å². The summed E-state index contributed by atoms with van der Waals surface area (Å²) >= 11 is 0. The fraction of sp³-hybridized carbons (Fsp3) is 0.308. The Bertz CT molecular complexity index is 1280. The summed E-state index contributed by atoms with van der Waals surface area (Å²) in [6, 6.07) is 13.3. The van der Waals surface area contributed by atoms with Crippen LogP contribution in [0, 0.1) is 0 Å². The fourth-order valence-electron chi connectivity index (χ4n) is 3.47. The van der Waals surface area contributed by atoms with Gasteiger partial charge in [-0.05, 0) is 53.9 Å². The van der Waals surface area contributed by atoms with E-state index in [2.05, 4.69) is 4.74 Å². The van der Waals surface area contributed by atoms with Crippen LogP contribution in [0.3, 0.4) is 0 Å². The highest BCUT2D eigenvalue weighted by Crippen LogP contribution is 2.37. The molecule has 218 valence electrons. The molecule has 0 spiro atoms. The van der Waals surface area contributed by atoms with Crippen LogP contribution in [0.15, 0.2) is 72.8 Å². The molecule has 3 aromatic rings. The lowest BCUT2D eigenvalue weighted by atomic mass is 10.0. The lowest BCUT2D eigenvalue weighted by Crippen LogP contribution is -2.52. The minimum absolute atomic E-state index is 0.0169. The van der Waals surface area contributed by atoms with Crippen LogP contribution < -0.4 is 14.8 Å². The molecule has 0 fully saturated rings. The van der Waals surface area contributed by atoms with Gasteiger partial charge in [-0.25, -0.2) is 0 Å². The van der Waals surface area contributed by atoms with Crippen LogP contribution in [-0.2, 0) is 19.2 Å². The monoisotopic (exact) mass is 585 g/mol. The number of anilines is 1. The van der Waals surface area contributed by atoms with Gasteiger partial charge in [0.05, 0.1) is 5.56 Å². The first-order chi connectivity index (χ1) is 18.5. The maximum absolute atomic E-state index is 13.8. The third-order valence-electron chi connectivity index (χ3n) is 5.50. The second-order valence-electron chi connectivity index (χ2n) is 8.61. The number of nitrogens with one attached hydrogen (secondary N) is 1. The number of aryl methyl sites for hydroxylation is 1. The Balaban J connectivity index is 1.71. The van der Waals surface area contributed by atoms with Crippen molar-refractivity contribution in [3.8, 4) is 11.5 Å². The zero-order valence-corrected chi connectivity index (χ0v) is 20.2. The van der Waals surface area contributed by atoms with Gasteiger partial charge >= 0.3 is 24.9 Å². The van der Waals surface area contributed by atoms with Crippen LogP contribution in [0.4, 0.5) is 49.6 Å². The zero-order valence-electron chi connectivity index (χ0n) is 20.2. The summed E-state index contributed by atoms with van der Waals surface area (Å²) in [5.74, 6) is -0.728. The normalized spacial score (nSPS) is 14.1. The van der Waals surface area contributed by atoms with Gasteiger partial charge < -0.3 is 19.9 Å². The van der Waals surface area contributed by atoms with E-state index in [0.717, 1.165) is 36.4 Å².